The van der Waals surface area contributed by atoms with E-state index in [1.54, 1.807) is 27.3 Å². The Morgan fingerprint density at radius 2 is 1.68 bits per heavy atom. The molecule has 0 spiro atoms. The highest BCUT2D eigenvalue weighted by atomic mass is 32.2. The average molecular weight is 1000 g/mol. The summed E-state index contributed by atoms with van der Waals surface area (Å²) in [6, 6.07) is 11.6. The van der Waals surface area contributed by atoms with E-state index in [2.05, 4.69) is 130 Å². The molecule has 1 aromatic rings. The molecule has 16 atom stereocenters. The van der Waals surface area contributed by atoms with Gasteiger partial charge in [0.25, 0.3) is 0 Å². The number of hydrogen-bond donors (Lipinski definition) is 2. The van der Waals surface area contributed by atoms with Crippen molar-refractivity contribution in [2.45, 2.75) is 206 Å². The van der Waals surface area contributed by atoms with Gasteiger partial charge in [0, 0.05) is 74.6 Å². The molecule has 15 rings (SSSR count). The number of likely N-dealkylation sites (N-methyl/N-ethyl adjacent to an activating group) is 1. The molecule has 380 valence electrons. The number of rotatable bonds is 6. The van der Waals surface area contributed by atoms with E-state index in [1.807, 2.05) is 5.57 Å². The molecule has 14 aliphatic rings. The predicted molar refractivity (Wildman–Crippen MR) is 302 cm³/mol. The minimum absolute atomic E-state index is 0.0284. The van der Waals surface area contributed by atoms with E-state index in [0.29, 0.717) is 52.3 Å². The summed E-state index contributed by atoms with van der Waals surface area (Å²) in [7, 11) is 2.39. The summed E-state index contributed by atoms with van der Waals surface area (Å²) < 4.78 is 0. The van der Waals surface area contributed by atoms with Gasteiger partial charge in [0.1, 0.15) is 12.0 Å². The van der Waals surface area contributed by atoms with Crippen LogP contribution in [0.1, 0.15) is 159 Å². The third-order valence-electron chi connectivity index (χ3n) is 21.9. The fourth-order valence-corrected chi connectivity index (χ4v) is 21.9. The van der Waals surface area contributed by atoms with Crippen molar-refractivity contribution >= 4 is 35.0 Å². The van der Waals surface area contributed by atoms with Crippen LogP contribution < -0.4 is 16.0 Å². The van der Waals surface area contributed by atoms with E-state index in [4.69, 9.17) is 10.7 Å². The Bertz CT molecular complexity index is 2610. The number of allylic oxidation sites excluding steroid dienone is 8. The number of nitrogens with one attached hydrogen (secondary N) is 1. The van der Waals surface area contributed by atoms with Crippen LogP contribution in [0, 0.1) is 41.4 Å². The zero-order chi connectivity index (χ0) is 47.6. The molecule has 16 unspecified atom stereocenters. The number of anilines is 1. The van der Waals surface area contributed by atoms with Crippen molar-refractivity contribution in [1.82, 2.24) is 15.1 Å². The Balaban J connectivity index is 0.738. The first-order valence-corrected chi connectivity index (χ1v) is 31.7. The lowest BCUT2D eigenvalue weighted by Gasteiger charge is -2.50. The monoisotopic (exact) mass is 999 g/mol. The first-order valence-electron chi connectivity index (χ1n) is 29.9. The van der Waals surface area contributed by atoms with Crippen molar-refractivity contribution in [3.63, 3.8) is 0 Å². The minimum atomic E-state index is 0.0284. The van der Waals surface area contributed by atoms with Gasteiger partial charge in [0.2, 0.25) is 0 Å². The molecule has 72 heavy (non-hydrogen) atoms. The van der Waals surface area contributed by atoms with Gasteiger partial charge in [0.15, 0.2) is 0 Å². The number of hydrogen-bond acceptors (Lipinski definition) is 8. The highest BCUT2D eigenvalue weighted by Gasteiger charge is 2.58. The molecular weight excluding hydrogens is 917 g/mol. The molecule has 0 radical (unpaired) electrons. The Morgan fingerprint density at radius 1 is 0.792 bits per heavy atom. The summed E-state index contributed by atoms with van der Waals surface area (Å²) in [5.74, 6) is 6.17. The maximum Gasteiger partial charge on any atom is 0.131 e. The molecular formula is C64H82N6S2. The zero-order valence-corrected chi connectivity index (χ0v) is 44.9. The maximum atomic E-state index is 7.69. The molecule has 6 nitrogen and oxygen atoms in total. The van der Waals surface area contributed by atoms with Gasteiger partial charge < -0.3 is 20.9 Å². The molecule has 5 heterocycles. The van der Waals surface area contributed by atoms with E-state index < -0.39 is 0 Å². The Kier molecular flexibility index (Phi) is 12.0. The lowest BCUT2D eigenvalue weighted by atomic mass is 9.69. The van der Waals surface area contributed by atoms with Gasteiger partial charge in [-0.05, 0) is 192 Å². The van der Waals surface area contributed by atoms with Crippen molar-refractivity contribution in [1.29, 1.82) is 0 Å². The van der Waals surface area contributed by atoms with Gasteiger partial charge in [-0.25, -0.2) is 4.99 Å². The average Bonchev–Trinajstić information content (AvgIpc) is 4.19. The second-order valence-electron chi connectivity index (χ2n) is 25.3. The molecule has 0 bridgehead atoms. The molecule has 2 saturated heterocycles. The Morgan fingerprint density at radius 3 is 2.58 bits per heavy atom. The molecule has 2 saturated carbocycles. The second kappa shape index (κ2) is 18.7. The summed E-state index contributed by atoms with van der Waals surface area (Å²) in [6.45, 7) is 0. The number of benzene rings is 1. The van der Waals surface area contributed by atoms with E-state index >= 15 is 0 Å². The van der Waals surface area contributed by atoms with Crippen LogP contribution in [0.2, 0.25) is 0 Å². The Hall–Kier alpha value is -3.33. The quantitative estimate of drug-likeness (QED) is 0.275. The lowest BCUT2D eigenvalue weighted by Crippen LogP contribution is -2.60. The van der Waals surface area contributed by atoms with Gasteiger partial charge in [-0.1, -0.05) is 97.7 Å². The number of thioether (sulfide) groups is 2. The van der Waals surface area contributed by atoms with E-state index in [0.717, 1.165) is 48.0 Å². The summed E-state index contributed by atoms with van der Waals surface area (Å²) in [4.78, 5) is 16.3. The summed E-state index contributed by atoms with van der Waals surface area (Å²) in [5, 5.41) is 6.33. The molecule has 0 aromatic heterocycles. The van der Waals surface area contributed by atoms with Crippen molar-refractivity contribution < 1.29 is 0 Å². The number of nitrogens with zero attached hydrogens (tertiary/aromatic N) is 4. The van der Waals surface area contributed by atoms with E-state index in [9.17, 15) is 0 Å². The third kappa shape index (κ3) is 7.59. The smallest absolute Gasteiger partial charge is 0.131 e. The standard InChI is InChI=1S/C64H82N6S2/c1-68-63(40-25-23-39(24-26-40)38-13-3-2-4-14-38)66-62(67-64(68)42-28-33-58-49(35-42)45-16-7-11-21-56(45)71-58)41-27-31-54(51(65)36-41)70-52-19-9-5-15-44(52)47-30-32-55-60(61(47)70)48-18-6-10-20-53(48)69(55)43-29-34-59-50(37-43)46-17-8-12-22-57(46)72-59/h5,7,9,12,15-16,19,22-23,28,34-36,38,40-41,43,45-47,50,54-58,60-61,63-64H,2-4,6,8,10-11,13-14,17-18,20-21,24-27,29-33,37,65H2,1H3,(H,66,67). The number of para-hydroxylation sites is 1. The van der Waals surface area contributed by atoms with Gasteiger partial charge in [0.05, 0.1) is 12.2 Å². The van der Waals surface area contributed by atoms with Gasteiger partial charge in [-0.3, -0.25) is 4.90 Å². The summed E-state index contributed by atoms with van der Waals surface area (Å²) >= 11 is 4.48. The first-order chi connectivity index (χ1) is 35.5. The van der Waals surface area contributed by atoms with Crippen molar-refractivity contribution in [2.75, 3.05) is 11.9 Å². The Labute approximate surface area is 440 Å². The number of nitrogens with two attached hydrogens (primary N) is 1. The highest BCUT2D eigenvalue weighted by molar-refractivity contribution is 8.04. The van der Waals surface area contributed by atoms with Crippen molar-refractivity contribution in [3.8, 4) is 0 Å². The molecule has 8 heteroatoms. The molecule has 3 N–H and O–H groups in total. The molecule has 0 amide bonds. The van der Waals surface area contributed by atoms with Crippen LogP contribution in [-0.2, 0) is 0 Å². The number of aliphatic imine (C=N–C) groups is 1. The van der Waals surface area contributed by atoms with Crippen LogP contribution in [-0.4, -0.2) is 74.9 Å². The molecule has 4 fully saturated rings. The van der Waals surface area contributed by atoms with Crippen molar-refractivity contribution in [2.24, 2.45) is 52.2 Å². The maximum absolute atomic E-state index is 7.69. The SMILES string of the molecule is CN1C(C2=CCC3SC4CCC=CC4C3=C2)N=C(C2C=C(N)C(N3c4ccccc4C4CCC5C(C6=C(CCCC6)N5C5CC=C6SC7C=CCCC7C6C5)C43)CC2)NC1C1CC=C(C2CCCCC2)CC1. The third-order valence-corrected chi connectivity index (χ3v) is 25.0. The van der Waals surface area contributed by atoms with E-state index in [-0.39, 0.29) is 24.3 Å². The lowest BCUT2D eigenvalue weighted by molar-refractivity contribution is 0.0993. The fraction of sp³-hybridized carbons (Fsp3) is 0.641. The van der Waals surface area contributed by atoms with E-state index in [1.165, 1.54) is 146 Å². The normalized spacial score (nSPS) is 42.3. The first kappa shape index (κ1) is 46.0. The number of fused-ring (bicyclic) bond motifs is 12. The van der Waals surface area contributed by atoms with Crippen LogP contribution in [0.25, 0.3) is 0 Å². The van der Waals surface area contributed by atoms with Crippen LogP contribution in [0.4, 0.5) is 5.69 Å². The van der Waals surface area contributed by atoms with Gasteiger partial charge in [-0.15, -0.1) is 23.5 Å². The number of amidine groups is 1. The van der Waals surface area contributed by atoms with Crippen LogP contribution in [0.3, 0.4) is 0 Å². The molecule has 5 aliphatic heterocycles. The highest BCUT2D eigenvalue weighted by Crippen LogP contribution is 2.61. The largest absolute Gasteiger partial charge is 0.401 e. The molecule has 9 aliphatic carbocycles. The van der Waals surface area contributed by atoms with Gasteiger partial charge >= 0.3 is 0 Å². The van der Waals surface area contributed by atoms with Crippen LogP contribution in [0.5, 0.6) is 0 Å². The van der Waals surface area contributed by atoms with Crippen LogP contribution in [0.15, 0.2) is 123 Å². The predicted octanol–water partition coefficient (Wildman–Crippen LogP) is 13.8. The molecule has 1 aromatic carbocycles. The second-order valence-corrected chi connectivity index (χ2v) is 28.0. The summed E-state index contributed by atoms with van der Waals surface area (Å²) in [6.07, 6.45) is 53.3. The van der Waals surface area contributed by atoms with Crippen molar-refractivity contribution in [3.05, 3.63) is 123 Å². The summed E-state index contributed by atoms with van der Waals surface area (Å²) in [5.41, 5.74) is 20.4. The zero-order valence-electron chi connectivity index (χ0n) is 43.3. The fourth-order valence-electron chi connectivity index (χ4n) is 18.6. The van der Waals surface area contributed by atoms with Crippen LogP contribution >= 0.6 is 23.5 Å². The topological polar surface area (TPSA) is 60.1 Å². The minimum Gasteiger partial charge on any atom is -0.401 e. The van der Waals surface area contributed by atoms with Gasteiger partial charge in [-0.2, -0.15) is 0 Å².